The lowest BCUT2D eigenvalue weighted by atomic mass is 10.0. The summed E-state index contributed by atoms with van der Waals surface area (Å²) < 4.78 is 0. The fraction of sp³-hybridized carbons (Fsp3) is 0.364. The van der Waals surface area contributed by atoms with Crippen LogP contribution in [0.4, 0.5) is 0 Å². The standard InChI is InChI=1S/C11H12N2O2S/c1-6(2)5-16-9-3-8(14)10-7(11(9)15)4-12-13-10/h3-4,6H,5H2,1-2H3,(H,12,13). The van der Waals surface area contributed by atoms with Gasteiger partial charge in [-0.05, 0) is 5.92 Å². The Morgan fingerprint density at radius 3 is 2.88 bits per heavy atom. The zero-order chi connectivity index (χ0) is 11.7. The molecular weight excluding hydrogens is 224 g/mol. The number of aromatic nitrogens is 2. The first-order chi connectivity index (χ1) is 7.59. The number of nitrogens with zero attached hydrogens (tertiary/aromatic N) is 1. The van der Waals surface area contributed by atoms with Crippen molar-refractivity contribution in [2.24, 2.45) is 5.92 Å². The Morgan fingerprint density at radius 1 is 1.44 bits per heavy atom. The summed E-state index contributed by atoms with van der Waals surface area (Å²) in [6, 6.07) is 0. The smallest absolute Gasteiger partial charge is 0.205 e. The van der Waals surface area contributed by atoms with Gasteiger partial charge in [-0.1, -0.05) is 13.8 Å². The second-order valence-electron chi connectivity index (χ2n) is 4.07. The van der Waals surface area contributed by atoms with Gasteiger partial charge in [0, 0.05) is 11.8 Å². The number of ketones is 2. The molecule has 5 heteroatoms. The van der Waals surface area contributed by atoms with Gasteiger partial charge < -0.3 is 0 Å². The molecule has 0 saturated carbocycles. The van der Waals surface area contributed by atoms with Gasteiger partial charge in [-0.3, -0.25) is 14.7 Å². The molecule has 0 aliphatic heterocycles. The molecule has 0 fully saturated rings. The van der Waals surface area contributed by atoms with Crippen LogP contribution in [0.1, 0.15) is 34.7 Å². The zero-order valence-corrected chi connectivity index (χ0v) is 9.93. The van der Waals surface area contributed by atoms with Crippen LogP contribution in [0.3, 0.4) is 0 Å². The predicted octanol–water partition coefficient (Wildman–Crippen LogP) is 2.06. The summed E-state index contributed by atoms with van der Waals surface area (Å²) >= 11 is 1.43. The second-order valence-corrected chi connectivity index (χ2v) is 5.13. The number of rotatable bonds is 3. The number of allylic oxidation sites excluding steroid dienone is 2. The van der Waals surface area contributed by atoms with E-state index in [0.29, 0.717) is 22.1 Å². The molecule has 0 aromatic carbocycles. The Morgan fingerprint density at radius 2 is 2.19 bits per heavy atom. The highest BCUT2D eigenvalue weighted by Gasteiger charge is 2.27. The minimum atomic E-state index is -0.168. The molecule has 0 saturated heterocycles. The number of carbonyl (C=O) groups excluding carboxylic acids is 2. The van der Waals surface area contributed by atoms with Crippen molar-refractivity contribution in [1.82, 2.24) is 10.2 Å². The molecule has 1 aromatic heterocycles. The lowest BCUT2D eigenvalue weighted by molar-refractivity contribution is 0.0989. The van der Waals surface area contributed by atoms with Crippen LogP contribution in [0.25, 0.3) is 0 Å². The van der Waals surface area contributed by atoms with Crippen molar-refractivity contribution in [3.8, 4) is 0 Å². The first-order valence-corrected chi connectivity index (χ1v) is 6.05. The van der Waals surface area contributed by atoms with E-state index in [1.807, 2.05) is 0 Å². The van der Waals surface area contributed by atoms with Crippen molar-refractivity contribution < 1.29 is 9.59 Å². The summed E-state index contributed by atoms with van der Waals surface area (Å²) in [6.07, 6.45) is 2.81. The fourth-order valence-electron chi connectivity index (χ4n) is 1.40. The van der Waals surface area contributed by atoms with Gasteiger partial charge in [0.2, 0.25) is 11.6 Å². The molecule has 4 nitrogen and oxygen atoms in total. The first kappa shape index (κ1) is 11.1. The maximum Gasteiger partial charge on any atom is 0.205 e. The maximum atomic E-state index is 11.9. The lowest BCUT2D eigenvalue weighted by Gasteiger charge is -2.11. The summed E-state index contributed by atoms with van der Waals surface area (Å²) in [5.41, 5.74) is 0.692. The SMILES string of the molecule is CC(C)CSC1=CC(=O)c2[nH]ncc2C1=O. The molecule has 0 spiro atoms. The minimum absolute atomic E-state index is 0.103. The van der Waals surface area contributed by atoms with Gasteiger partial charge in [0.1, 0.15) is 5.69 Å². The lowest BCUT2D eigenvalue weighted by Crippen LogP contribution is -2.15. The zero-order valence-electron chi connectivity index (χ0n) is 9.11. The molecule has 1 heterocycles. The van der Waals surface area contributed by atoms with Crippen molar-refractivity contribution in [3.05, 3.63) is 28.4 Å². The van der Waals surface area contributed by atoms with E-state index < -0.39 is 0 Å². The van der Waals surface area contributed by atoms with E-state index in [1.54, 1.807) is 0 Å². The summed E-state index contributed by atoms with van der Waals surface area (Å²) in [5, 5.41) is 6.27. The van der Waals surface area contributed by atoms with Gasteiger partial charge in [-0.25, -0.2) is 0 Å². The van der Waals surface area contributed by atoms with E-state index in [-0.39, 0.29) is 11.6 Å². The Kier molecular flexibility index (Phi) is 2.96. The summed E-state index contributed by atoms with van der Waals surface area (Å²) in [5.74, 6) is 1.05. The molecule has 16 heavy (non-hydrogen) atoms. The van der Waals surface area contributed by atoms with Crippen LogP contribution in [0, 0.1) is 5.92 Å². The van der Waals surface area contributed by atoms with Crippen LogP contribution in [-0.2, 0) is 0 Å². The van der Waals surface area contributed by atoms with Crippen molar-refractivity contribution in [1.29, 1.82) is 0 Å². The fourth-order valence-corrected chi connectivity index (χ4v) is 2.34. The Balaban J connectivity index is 2.23. The van der Waals surface area contributed by atoms with E-state index in [0.717, 1.165) is 5.75 Å². The van der Waals surface area contributed by atoms with Crippen molar-refractivity contribution >= 4 is 23.3 Å². The van der Waals surface area contributed by atoms with Crippen LogP contribution in [0.5, 0.6) is 0 Å². The Hall–Kier alpha value is -1.36. The topological polar surface area (TPSA) is 62.8 Å². The van der Waals surface area contributed by atoms with Gasteiger partial charge in [0.15, 0.2) is 0 Å². The third-order valence-corrected chi connectivity index (χ3v) is 3.64. The molecule has 0 bridgehead atoms. The number of hydrogen-bond acceptors (Lipinski definition) is 4. The van der Waals surface area contributed by atoms with Crippen molar-refractivity contribution in [2.75, 3.05) is 5.75 Å². The van der Waals surface area contributed by atoms with E-state index in [1.165, 1.54) is 24.0 Å². The first-order valence-electron chi connectivity index (χ1n) is 5.06. The van der Waals surface area contributed by atoms with E-state index in [2.05, 4.69) is 24.0 Å². The third-order valence-electron chi connectivity index (χ3n) is 2.19. The summed E-state index contributed by atoms with van der Waals surface area (Å²) in [6.45, 7) is 4.15. The van der Waals surface area contributed by atoms with Crippen LogP contribution >= 0.6 is 11.8 Å². The number of nitrogens with one attached hydrogen (secondary N) is 1. The number of H-pyrrole nitrogens is 1. The van der Waals surface area contributed by atoms with Gasteiger partial charge in [-0.2, -0.15) is 5.10 Å². The monoisotopic (exact) mass is 236 g/mol. The van der Waals surface area contributed by atoms with Gasteiger partial charge in [-0.15, -0.1) is 11.8 Å². The molecule has 0 amide bonds. The summed E-state index contributed by atoms with van der Waals surface area (Å²) in [4.78, 5) is 24.1. The van der Waals surface area contributed by atoms with Crippen LogP contribution in [-0.4, -0.2) is 27.5 Å². The van der Waals surface area contributed by atoms with E-state index in [9.17, 15) is 9.59 Å². The van der Waals surface area contributed by atoms with E-state index in [4.69, 9.17) is 0 Å². The molecule has 1 aliphatic rings. The molecule has 0 radical (unpaired) electrons. The van der Waals surface area contributed by atoms with Crippen molar-refractivity contribution in [2.45, 2.75) is 13.8 Å². The van der Waals surface area contributed by atoms with Crippen molar-refractivity contribution in [3.63, 3.8) is 0 Å². The van der Waals surface area contributed by atoms with Gasteiger partial charge in [0.25, 0.3) is 0 Å². The molecule has 1 aliphatic carbocycles. The third kappa shape index (κ3) is 1.95. The number of hydrogen-bond donors (Lipinski definition) is 1. The number of carbonyl (C=O) groups is 2. The highest BCUT2D eigenvalue weighted by Crippen LogP contribution is 2.28. The predicted molar refractivity (Wildman–Crippen MR) is 62.6 cm³/mol. The Bertz CT molecular complexity index is 474. The molecule has 1 N–H and O–H groups in total. The summed E-state index contributed by atoms with van der Waals surface area (Å²) in [7, 11) is 0. The average Bonchev–Trinajstić information content (AvgIpc) is 2.70. The normalized spacial score (nSPS) is 15.3. The van der Waals surface area contributed by atoms with Crippen LogP contribution in [0.2, 0.25) is 0 Å². The van der Waals surface area contributed by atoms with Crippen LogP contribution in [0.15, 0.2) is 17.2 Å². The number of fused-ring (bicyclic) bond motifs is 1. The highest BCUT2D eigenvalue weighted by molar-refractivity contribution is 8.04. The Labute approximate surface area is 97.5 Å². The molecule has 2 rings (SSSR count). The molecule has 0 atom stereocenters. The largest absolute Gasteiger partial charge is 0.288 e. The maximum absolute atomic E-state index is 11.9. The minimum Gasteiger partial charge on any atom is -0.288 e. The second kappa shape index (κ2) is 4.25. The van der Waals surface area contributed by atoms with Gasteiger partial charge in [0.05, 0.1) is 16.7 Å². The molecule has 84 valence electrons. The van der Waals surface area contributed by atoms with Crippen LogP contribution < -0.4 is 0 Å². The number of aromatic amines is 1. The molecule has 0 unspecified atom stereocenters. The number of Topliss-reactive ketones (excluding diaryl/α,β-unsaturated/α-hetero) is 1. The quantitative estimate of drug-likeness (QED) is 0.872. The van der Waals surface area contributed by atoms with Gasteiger partial charge >= 0.3 is 0 Å². The highest BCUT2D eigenvalue weighted by atomic mass is 32.2. The van der Waals surface area contributed by atoms with E-state index >= 15 is 0 Å². The number of thioether (sulfide) groups is 1. The molecule has 1 aromatic rings. The average molecular weight is 236 g/mol. The molecular formula is C11H12N2O2S.